The van der Waals surface area contributed by atoms with E-state index in [0.717, 1.165) is 23.3 Å². The van der Waals surface area contributed by atoms with Crippen molar-refractivity contribution in [2.24, 2.45) is 5.92 Å². The monoisotopic (exact) mass is 259 g/mol. The number of rotatable bonds is 4. The molecule has 1 fully saturated rings. The fourth-order valence-corrected chi connectivity index (χ4v) is 3.07. The largest absolute Gasteiger partial charge is 0.496 e. The normalized spacial score (nSPS) is 18.3. The van der Waals surface area contributed by atoms with Crippen LogP contribution >= 0.6 is 0 Å². The lowest BCUT2D eigenvalue weighted by Gasteiger charge is -2.45. The van der Waals surface area contributed by atoms with Gasteiger partial charge < -0.3 is 9.47 Å². The van der Waals surface area contributed by atoms with Crippen molar-refractivity contribution in [3.8, 4) is 11.8 Å². The summed E-state index contributed by atoms with van der Waals surface area (Å²) >= 11 is 0. The van der Waals surface area contributed by atoms with Gasteiger partial charge in [0.25, 0.3) is 0 Å². The maximum absolute atomic E-state index is 9.44. The first-order valence-electron chi connectivity index (χ1n) is 6.72. The zero-order valence-electron chi connectivity index (χ0n) is 12.1. The van der Waals surface area contributed by atoms with Crippen molar-refractivity contribution in [1.29, 1.82) is 5.26 Å². The maximum Gasteiger partial charge on any atom is 0.125 e. The molecule has 0 saturated carbocycles. The number of nitriles is 1. The molecule has 1 unspecified atom stereocenters. The molecule has 1 aliphatic rings. The molecule has 0 N–H and O–H groups in total. The van der Waals surface area contributed by atoms with E-state index in [9.17, 15) is 5.26 Å². The van der Waals surface area contributed by atoms with Crippen LogP contribution in [-0.4, -0.2) is 20.3 Å². The average Bonchev–Trinajstić information content (AvgIpc) is 2.32. The SMILES string of the molecule is CCC(C#N)C1(c2cc(C)cc(C)c2OC)COC1. The molecule has 3 heteroatoms. The van der Waals surface area contributed by atoms with Crippen LogP contribution in [-0.2, 0) is 10.2 Å². The summed E-state index contributed by atoms with van der Waals surface area (Å²) in [5.41, 5.74) is 3.25. The molecule has 0 radical (unpaired) electrons. The van der Waals surface area contributed by atoms with Crippen molar-refractivity contribution in [3.05, 3.63) is 28.8 Å². The topological polar surface area (TPSA) is 42.2 Å². The molecule has 19 heavy (non-hydrogen) atoms. The van der Waals surface area contributed by atoms with Gasteiger partial charge in [0, 0.05) is 5.56 Å². The first kappa shape index (κ1) is 13.9. The van der Waals surface area contributed by atoms with Gasteiger partial charge in [0.15, 0.2) is 0 Å². The van der Waals surface area contributed by atoms with Gasteiger partial charge in [0.2, 0.25) is 0 Å². The van der Waals surface area contributed by atoms with Crippen molar-refractivity contribution in [3.63, 3.8) is 0 Å². The molecule has 1 aromatic carbocycles. The smallest absolute Gasteiger partial charge is 0.125 e. The number of benzene rings is 1. The number of methoxy groups -OCH3 is 1. The molecule has 0 amide bonds. The number of ether oxygens (including phenoxy) is 2. The molecule has 102 valence electrons. The zero-order valence-corrected chi connectivity index (χ0v) is 12.1. The predicted octanol–water partition coefficient (Wildman–Crippen LogP) is 3.13. The van der Waals surface area contributed by atoms with Gasteiger partial charge in [-0.3, -0.25) is 0 Å². The summed E-state index contributed by atoms with van der Waals surface area (Å²) in [4.78, 5) is 0. The molecular weight excluding hydrogens is 238 g/mol. The summed E-state index contributed by atoms with van der Waals surface area (Å²) in [5.74, 6) is 0.874. The van der Waals surface area contributed by atoms with E-state index in [4.69, 9.17) is 9.47 Å². The Morgan fingerprint density at radius 2 is 2.11 bits per heavy atom. The second-order valence-corrected chi connectivity index (χ2v) is 5.40. The van der Waals surface area contributed by atoms with Crippen molar-refractivity contribution < 1.29 is 9.47 Å². The average molecular weight is 259 g/mol. The molecule has 0 aromatic heterocycles. The minimum Gasteiger partial charge on any atom is -0.496 e. The van der Waals surface area contributed by atoms with Crippen LogP contribution in [0.4, 0.5) is 0 Å². The number of aryl methyl sites for hydroxylation is 2. The van der Waals surface area contributed by atoms with Gasteiger partial charge in [-0.25, -0.2) is 0 Å². The highest BCUT2D eigenvalue weighted by Gasteiger charge is 2.48. The van der Waals surface area contributed by atoms with Crippen LogP contribution in [0.5, 0.6) is 5.75 Å². The Morgan fingerprint density at radius 1 is 1.42 bits per heavy atom. The first-order valence-corrected chi connectivity index (χ1v) is 6.72. The molecule has 0 spiro atoms. The second kappa shape index (κ2) is 5.22. The van der Waals surface area contributed by atoms with Crippen molar-refractivity contribution >= 4 is 0 Å². The molecule has 0 bridgehead atoms. The highest BCUT2D eigenvalue weighted by molar-refractivity contribution is 5.50. The lowest BCUT2D eigenvalue weighted by atomic mass is 9.67. The number of hydrogen-bond donors (Lipinski definition) is 0. The fourth-order valence-electron chi connectivity index (χ4n) is 3.07. The van der Waals surface area contributed by atoms with Gasteiger partial charge in [-0.1, -0.05) is 24.6 Å². The summed E-state index contributed by atoms with van der Waals surface area (Å²) in [5, 5.41) is 9.44. The Bertz CT molecular complexity index is 512. The van der Waals surface area contributed by atoms with E-state index in [1.807, 2.05) is 0 Å². The third-order valence-corrected chi connectivity index (χ3v) is 4.11. The van der Waals surface area contributed by atoms with Crippen LogP contribution < -0.4 is 4.74 Å². The van der Waals surface area contributed by atoms with E-state index in [1.54, 1.807) is 7.11 Å². The van der Waals surface area contributed by atoms with Crippen LogP contribution in [0, 0.1) is 31.1 Å². The van der Waals surface area contributed by atoms with Gasteiger partial charge in [-0.05, 0) is 25.8 Å². The number of hydrogen-bond acceptors (Lipinski definition) is 3. The zero-order chi connectivity index (χ0) is 14.0. The van der Waals surface area contributed by atoms with Crippen LogP contribution in [0.25, 0.3) is 0 Å². The summed E-state index contributed by atoms with van der Waals surface area (Å²) in [6.45, 7) is 7.41. The van der Waals surface area contributed by atoms with Gasteiger partial charge in [0.05, 0.1) is 37.7 Å². The van der Waals surface area contributed by atoms with E-state index in [0.29, 0.717) is 13.2 Å². The molecule has 1 atom stereocenters. The lowest BCUT2D eigenvalue weighted by Crippen LogP contribution is -2.52. The third-order valence-electron chi connectivity index (χ3n) is 4.11. The van der Waals surface area contributed by atoms with E-state index < -0.39 is 0 Å². The molecule has 1 heterocycles. The van der Waals surface area contributed by atoms with Gasteiger partial charge >= 0.3 is 0 Å². The summed E-state index contributed by atoms with van der Waals surface area (Å²) in [6.07, 6.45) is 0.829. The van der Waals surface area contributed by atoms with Crippen molar-refractivity contribution in [2.45, 2.75) is 32.6 Å². The molecular formula is C16H21NO2. The summed E-state index contributed by atoms with van der Waals surface area (Å²) in [7, 11) is 1.70. The Labute approximate surface area is 115 Å². The molecule has 2 rings (SSSR count). The lowest BCUT2D eigenvalue weighted by molar-refractivity contribution is -0.0814. The Balaban J connectivity index is 2.59. The Kier molecular flexibility index (Phi) is 3.82. The highest BCUT2D eigenvalue weighted by Crippen LogP contribution is 2.46. The first-order chi connectivity index (χ1) is 9.08. The number of nitrogens with zero attached hydrogens (tertiary/aromatic N) is 1. The molecule has 1 saturated heterocycles. The standard InChI is InChI=1S/C16H21NO2/c1-5-13(8-17)16(9-19-10-16)14-7-11(2)6-12(3)15(14)18-4/h6-7,13H,5,9-10H2,1-4H3. The van der Waals surface area contributed by atoms with Crippen molar-refractivity contribution in [2.75, 3.05) is 20.3 Å². The quantitative estimate of drug-likeness (QED) is 0.834. The maximum atomic E-state index is 9.44. The summed E-state index contributed by atoms with van der Waals surface area (Å²) < 4.78 is 11.0. The molecule has 1 aromatic rings. The van der Waals surface area contributed by atoms with Crippen LogP contribution in [0.1, 0.15) is 30.0 Å². The third kappa shape index (κ3) is 2.11. The Hall–Kier alpha value is -1.53. The van der Waals surface area contributed by atoms with E-state index >= 15 is 0 Å². The predicted molar refractivity (Wildman–Crippen MR) is 74.4 cm³/mol. The molecule has 0 aliphatic carbocycles. The van der Waals surface area contributed by atoms with E-state index in [-0.39, 0.29) is 11.3 Å². The Morgan fingerprint density at radius 3 is 2.53 bits per heavy atom. The molecule has 3 nitrogen and oxygen atoms in total. The molecule has 1 aliphatic heterocycles. The summed E-state index contributed by atoms with van der Waals surface area (Å²) in [6, 6.07) is 6.71. The van der Waals surface area contributed by atoms with Gasteiger partial charge in [0.1, 0.15) is 5.75 Å². The second-order valence-electron chi connectivity index (χ2n) is 5.40. The fraction of sp³-hybridized carbons (Fsp3) is 0.562. The van der Waals surface area contributed by atoms with Gasteiger partial charge in [-0.2, -0.15) is 5.26 Å². The minimum absolute atomic E-state index is 0.0312. The van der Waals surface area contributed by atoms with E-state index in [2.05, 4.69) is 39.0 Å². The van der Waals surface area contributed by atoms with Crippen LogP contribution in [0.3, 0.4) is 0 Å². The van der Waals surface area contributed by atoms with Crippen molar-refractivity contribution in [1.82, 2.24) is 0 Å². The van der Waals surface area contributed by atoms with Gasteiger partial charge in [-0.15, -0.1) is 0 Å². The van der Waals surface area contributed by atoms with Crippen LogP contribution in [0.15, 0.2) is 12.1 Å². The minimum atomic E-state index is -0.203. The van der Waals surface area contributed by atoms with E-state index in [1.165, 1.54) is 5.56 Å². The highest BCUT2D eigenvalue weighted by atomic mass is 16.5. The van der Waals surface area contributed by atoms with Crippen LogP contribution in [0.2, 0.25) is 0 Å².